The summed E-state index contributed by atoms with van der Waals surface area (Å²) in [6.07, 6.45) is 0. The van der Waals surface area contributed by atoms with Crippen LogP contribution < -0.4 is 4.90 Å². The first kappa shape index (κ1) is 21.0. The van der Waals surface area contributed by atoms with Gasteiger partial charge in [0.05, 0.1) is 17.1 Å². The van der Waals surface area contributed by atoms with Gasteiger partial charge in [0.2, 0.25) is 0 Å². The molecule has 0 fully saturated rings. The van der Waals surface area contributed by atoms with Gasteiger partial charge in [-0.25, -0.2) is 0 Å². The fourth-order valence-electron chi connectivity index (χ4n) is 5.91. The Balaban J connectivity index is 1.50. The van der Waals surface area contributed by atoms with E-state index in [2.05, 4.69) is 132 Å². The SMILES string of the molecule is c1ccc2c(N(c3cccc4ccccc34)c3cccc4c3ccc3c5ccccc5oc43)cccc2c1. The molecule has 2 nitrogen and oxygen atoms in total. The quantitative estimate of drug-likeness (QED) is 0.247. The number of hydrogen-bond acceptors (Lipinski definition) is 2. The van der Waals surface area contributed by atoms with Crippen LogP contribution in [0.15, 0.2) is 144 Å². The van der Waals surface area contributed by atoms with Crippen LogP contribution in [-0.4, -0.2) is 0 Å². The highest BCUT2D eigenvalue weighted by Crippen LogP contribution is 2.45. The van der Waals surface area contributed by atoms with Gasteiger partial charge in [-0.15, -0.1) is 0 Å². The minimum absolute atomic E-state index is 0.917. The minimum Gasteiger partial charge on any atom is -0.455 e. The maximum atomic E-state index is 6.43. The van der Waals surface area contributed by atoms with Crippen molar-refractivity contribution < 1.29 is 4.42 Å². The summed E-state index contributed by atoms with van der Waals surface area (Å²) in [6.45, 7) is 0. The van der Waals surface area contributed by atoms with E-state index in [0.717, 1.165) is 49.8 Å². The van der Waals surface area contributed by atoms with Crippen LogP contribution in [0.1, 0.15) is 0 Å². The first-order valence-electron chi connectivity index (χ1n) is 13.0. The molecule has 0 N–H and O–H groups in total. The van der Waals surface area contributed by atoms with Crippen molar-refractivity contribution in [1.82, 2.24) is 0 Å². The Morgan fingerprint density at radius 1 is 0.342 bits per heavy atom. The Bertz CT molecular complexity index is 2060. The van der Waals surface area contributed by atoms with Crippen molar-refractivity contribution in [1.29, 1.82) is 0 Å². The molecule has 8 aromatic rings. The molecule has 2 heteroatoms. The molecule has 38 heavy (non-hydrogen) atoms. The summed E-state index contributed by atoms with van der Waals surface area (Å²) in [5.74, 6) is 0. The van der Waals surface area contributed by atoms with Gasteiger partial charge >= 0.3 is 0 Å². The summed E-state index contributed by atoms with van der Waals surface area (Å²) in [5.41, 5.74) is 5.27. The van der Waals surface area contributed by atoms with Crippen molar-refractivity contribution in [2.75, 3.05) is 4.90 Å². The molecule has 0 atom stereocenters. The average Bonchev–Trinajstić information content (AvgIpc) is 3.37. The van der Waals surface area contributed by atoms with Gasteiger partial charge in [0, 0.05) is 32.3 Å². The van der Waals surface area contributed by atoms with Crippen LogP contribution in [0.25, 0.3) is 54.3 Å². The molecule has 0 spiro atoms. The molecule has 7 aromatic carbocycles. The van der Waals surface area contributed by atoms with Gasteiger partial charge in [0.1, 0.15) is 11.2 Å². The van der Waals surface area contributed by atoms with Crippen molar-refractivity contribution >= 4 is 71.3 Å². The molecular formula is C36H23NO. The Kier molecular flexibility index (Phi) is 4.55. The Morgan fingerprint density at radius 3 is 1.47 bits per heavy atom. The molecule has 1 heterocycles. The second-order valence-electron chi connectivity index (χ2n) is 9.74. The van der Waals surface area contributed by atoms with Gasteiger partial charge < -0.3 is 9.32 Å². The highest BCUT2D eigenvalue weighted by molar-refractivity contribution is 6.18. The molecular weight excluding hydrogens is 462 g/mol. The molecule has 8 rings (SSSR count). The number of anilines is 3. The summed E-state index contributed by atoms with van der Waals surface area (Å²) < 4.78 is 6.43. The van der Waals surface area contributed by atoms with Crippen molar-refractivity contribution in [2.45, 2.75) is 0 Å². The van der Waals surface area contributed by atoms with E-state index in [9.17, 15) is 0 Å². The zero-order valence-corrected chi connectivity index (χ0v) is 20.6. The molecule has 178 valence electrons. The highest BCUT2D eigenvalue weighted by atomic mass is 16.3. The van der Waals surface area contributed by atoms with Crippen molar-refractivity contribution in [3.05, 3.63) is 140 Å². The lowest BCUT2D eigenvalue weighted by molar-refractivity contribution is 0.672. The molecule has 0 radical (unpaired) electrons. The predicted octanol–water partition coefficient (Wildman–Crippen LogP) is 10.5. The van der Waals surface area contributed by atoms with E-state index < -0.39 is 0 Å². The van der Waals surface area contributed by atoms with Gasteiger partial charge in [0.15, 0.2) is 0 Å². The summed E-state index contributed by atoms with van der Waals surface area (Å²) in [5, 5.41) is 9.42. The van der Waals surface area contributed by atoms with Gasteiger partial charge in [-0.3, -0.25) is 0 Å². The fraction of sp³-hybridized carbons (Fsp3) is 0. The number of furan rings is 1. The fourth-order valence-corrected chi connectivity index (χ4v) is 5.91. The van der Waals surface area contributed by atoms with Crippen LogP contribution in [0.3, 0.4) is 0 Å². The number of rotatable bonds is 3. The normalized spacial score (nSPS) is 11.7. The first-order chi connectivity index (χ1) is 18.9. The number of fused-ring (bicyclic) bond motifs is 7. The Labute approximate surface area is 220 Å². The lowest BCUT2D eigenvalue weighted by Crippen LogP contribution is -2.11. The van der Waals surface area contributed by atoms with Crippen LogP contribution in [0.5, 0.6) is 0 Å². The van der Waals surface area contributed by atoms with Crippen LogP contribution in [-0.2, 0) is 0 Å². The maximum absolute atomic E-state index is 6.43. The standard InChI is InChI=1S/C36H23NO/c1-3-14-26-24(10-1)12-7-18-32(26)37(33-19-8-13-25-11-2-4-15-27(25)33)34-20-9-17-30-28(34)22-23-31-29-16-5-6-21-35(29)38-36(30)31/h1-23H. The van der Waals surface area contributed by atoms with Crippen molar-refractivity contribution in [3.8, 4) is 0 Å². The Morgan fingerprint density at radius 2 is 0.789 bits per heavy atom. The summed E-state index contributed by atoms with van der Waals surface area (Å²) >= 11 is 0. The largest absolute Gasteiger partial charge is 0.455 e. The molecule has 0 aliphatic carbocycles. The number of nitrogens with zero attached hydrogens (tertiary/aromatic N) is 1. The minimum atomic E-state index is 0.917. The third-order valence-electron chi connectivity index (χ3n) is 7.63. The maximum Gasteiger partial charge on any atom is 0.143 e. The smallest absolute Gasteiger partial charge is 0.143 e. The third-order valence-corrected chi connectivity index (χ3v) is 7.63. The lowest BCUT2D eigenvalue weighted by Gasteiger charge is -2.29. The summed E-state index contributed by atoms with van der Waals surface area (Å²) in [4.78, 5) is 2.42. The van der Waals surface area contributed by atoms with Crippen LogP contribution in [0.2, 0.25) is 0 Å². The molecule has 0 bridgehead atoms. The van der Waals surface area contributed by atoms with Crippen LogP contribution in [0.4, 0.5) is 17.1 Å². The van der Waals surface area contributed by atoms with Crippen LogP contribution in [0, 0.1) is 0 Å². The van der Waals surface area contributed by atoms with Gasteiger partial charge in [-0.1, -0.05) is 109 Å². The topological polar surface area (TPSA) is 16.4 Å². The van der Waals surface area contributed by atoms with E-state index in [1.165, 1.54) is 21.5 Å². The summed E-state index contributed by atoms with van der Waals surface area (Å²) in [6, 6.07) is 49.6. The number of para-hydroxylation sites is 1. The zero-order chi connectivity index (χ0) is 25.1. The van der Waals surface area contributed by atoms with E-state index in [1.54, 1.807) is 0 Å². The van der Waals surface area contributed by atoms with Gasteiger partial charge in [-0.2, -0.15) is 0 Å². The van der Waals surface area contributed by atoms with E-state index in [4.69, 9.17) is 4.42 Å². The molecule has 0 saturated heterocycles. The van der Waals surface area contributed by atoms with Crippen molar-refractivity contribution in [3.63, 3.8) is 0 Å². The highest BCUT2D eigenvalue weighted by Gasteiger charge is 2.21. The molecule has 0 unspecified atom stereocenters. The van der Waals surface area contributed by atoms with Crippen LogP contribution >= 0.6 is 0 Å². The van der Waals surface area contributed by atoms with Gasteiger partial charge in [-0.05, 0) is 41.1 Å². The zero-order valence-electron chi connectivity index (χ0n) is 20.6. The van der Waals surface area contributed by atoms with E-state index in [-0.39, 0.29) is 0 Å². The predicted molar refractivity (Wildman–Crippen MR) is 161 cm³/mol. The van der Waals surface area contributed by atoms with Gasteiger partial charge in [0.25, 0.3) is 0 Å². The van der Waals surface area contributed by atoms with E-state index >= 15 is 0 Å². The van der Waals surface area contributed by atoms with E-state index in [1.807, 2.05) is 12.1 Å². The lowest BCUT2D eigenvalue weighted by atomic mass is 10.0. The number of hydrogen-bond donors (Lipinski definition) is 0. The molecule has 1 aromatic heterocycles. The van der Waals surface area contributed by atoms with Crippen molar-refractivity contribution in [2.24, 2.45) is 0 Å². The molecule has 0 aliphatic rings. The molecule has 0 aliphatic heterocycles. The monoisotopic (exact) mass is 485 g/mol. The third kappa shape index (κ3) is 3.07. The first-order valence-corrected chi connectivity index (χ1v) is 13.0. The number of benzene rings is 7. The average molecular weight is 486 g/mol. The Hall–Kier alpha value is -5.08. The molecule has 0 saturated carbocycles. The molecule has 0 amide bonds. The second-order valence-corrected chi connectivity index (χ2v) is 9.74. The summed E-state index contributed by atoms with van der Waals surface area (Å²) in [7, 11) is 0. The van der Waals surface area contributed by atoms with E-state index in [0.29, 0.717) is 0 Å². The second kappa shape index (κ2) is 8.22.